The van der Waals surface area contributed by atoms with Crippen LogP contribution in [0.25, 0.3) is 0 Å². The smallest absolute Gasteiger partial charge is 0.232 e. The summed E-state index contributed by atoms with van der Waals surface area (Å²) in [6.45, 7) is 7.68. The zero-order valence-electron chi connectivity index (χ0n) is 10.2. The van der Waals surface area contributed by atoms with Gasteiger partial charge in [-0.05, 0) is 43.0 Å². The minimum Gasteiger partial charge on any atom is -0.284 e. The fourth-order valence-corrected chi connectivity index (χ4v) is 3.13. The van der Waals surface area contributed by atoms with Gasteiger partial charge in [-0.3, -0.25) is 4.72 Å². The number of benzene rings is 1. The van der Waals surface area contributed by atoms with E-state index in [0.717, 1.165) is 11.1 Å². The van der Waals surface area contributed by atoms with Crippen LogP contribution in [0.3, 0.4) is 0 Å². The van der Waals surface area contributed by atoms with Gasteiger partial charge in [0, 0.05) is 5.69 Å². The molecule has 0 fully saturated rings. The van der Waals surface area contributed by atoms with Crippen LogP contribution in [0, 0.1) is 19.8 Å². The highest BCUT2D eigenvalue weighted by Crippen LogP contribution is 2.15. The maximum Gasteiger partial charge on any atom is 0.232 e. The van der Waals surface area contributed by atoms with Crippen molar-refractivity contribution in [2.45, 2.75) is 27.7 Å². The van der Waals surface area contributed by atoms with E-state index in [-0.39, 0.29) is 11.7 Å². The molecule has 1 rings (SSSR count). The van der Waals surface area contributed by atoms with Crippen molar-refractivity contribution in [3.8, 4) is 0 Å². The summed E-state index contributed by atoms with van der Waals surface area (Å²) in [6.07, 6.45) is 0. The molecule has 0 bridgehead atoms. The second-order valence-electron chi connectivity index (χ2n) is 4.65. The van der Waals surface area contributed by atoms with Crippen LogP contribution in [-0.4, -0.2) is 14.2 Å². The van der Waals surface area contributed by atoms with Crippen LogP contribution < -0.4 is 4.72 Å². The Kier molecular flexibility index (Phi) is 3.97. The standard InChI is InChI=1S/C12H19NO2S/c1-9(2)8-16(14,15)13-12-6-10(3)5-11(4)7-12/h5-7,9,13H,8H2,1-4H3. The first-order valence-electron chi connectivity index (χ1n) is 5.37. The average molecular weight is 241 g/mol. The van der Waals surface area contributed by atoms with Crippen molar-refractivity contribution >= 4 is 15.7 Å². The Bertz CT molecular complexity index is 444. The lowest BCUT2D eigenvalue weighted by Crippen LogP contribution is -2.20. The molecule has 0 radical (unpaired) electrons. The summed E-state index contributed by atoms with van der Waals surface area (Å²) in [4.78, 5) is 0. The minimum atomic E-state index is -3.22. The first kappa shape index (κ1) is 13.0. The fraction of sp³-hybridized carbons (Fsp3) is 0.500. The molecule has 4 heteroatoms. The van der Waals surface area contributed by atoms with Gasteiger partial charge in [-0.2, -0.15) is 0 Å². The lowest BCUT2D eigenvalue weighted by atomic mass is 10.1. The molecule has 0 aromatic heterocycles. The monoisotopic (exact) mass is 241 g/mol. The number of hydrogen-bond donors (Lipinski definition) is 1. The maximum absolute atomic E-state index is 11.7. The Morgan fingerprint density at radius 2 is 1.62 bits per heavy atom. The van der Waals surface area contributed by atoms with E-state index in [1.54, 1.807) is 0 Å². The lowest BCUT2D eigenvalue weighted by molar-refractivity contribution is 0.587. The Labute approximate surface area is 97.9 Å². The van der Waals surface area contributed by atoms with Crippen LogP contribution in [0.1, 0.15) is 25.0 Å². The molecule has 0 heterocycles. The van der Waals surface area contributed by atoms with E-state index < -0.39 is 10.0 Å². The van der Waals surface area contributed by atoms with E-state index in [1.807, 2.05) is 45.9 Å². The largest absolute Gasteiger partial charge is 0.284 e. The van der Waals surface area contributed by atoms with Gasteiger partial charge in [0.15, 0.2) is 0 Å². The van der Waals surface area contributed by atoms with Crippen LogP contribution in [0.2, 0.25) is 0 Å². The molecule has 0 atom stereocenters. The van der Waals surface area contributed by atoms with Crippen LogP contribution in [0.4, 0.5) is 5.69 Å². The first-order valence-corrected chi connectivity index (χ1v) is 7.02. The molecule has 1 N–H and O–H groups in total. The van der Waals surface area contributed by atoms with Crippen LogP contribution >= 0.6 is 0 Å². The van der Waals surface area contributed by atoms with Crippen molar-refractivity contribution in [2.75, 3.05) is 10.5 Å². The number of rotatable bonds is 4. The molecule has 0 amide bonds. The number of anilines is 1. The summed E-state index contributed by atoms with van der Waals surface area (Å²) in [5.74, 6) is 0.281. The predicted molar refractivity (Wildman–Crippen MR) is 68.2 cm³/mol. The minimum absolute atomic E-state index is 0.128. The summed E-state index contributed by atoms with van der Waals surface area (Å²) in [5, 5.41) is 0. The van der Waals surface area contributed by atoms with Gasteiger partial charge in [0.25, 0.3) is 0 Å². The number of hydrogen-bond acceptors (Lipinski definition) is 2. The fourth-order valence-electron chi connectivity index (χ4n) is 1.69. The molecule has 1 aromatic carbocycles. The van der Waals surface area contributed by atoms with Gasteiger partial charge >= 0.3 is 0 Å². The average Bonchev–Trinajstić information content (AvgIpc) is 1.95. The van der Waals surface area contributed by atoms with Gasteiger partial charge in [0.2, 0.25) is 10.0 Å². The van der Waals surface area contributed by atoms with Crippen molar-refractivity contribution < 1.29 is 8.42 Å². The summed E-state index contributed by atoms with van der Waals surface area (Å²) in [7, 11) is -3.22. The molecule has 0 unspecified atom stereocenters. The summed E-state index contributed by atoms with van der Waals surface area (Å²) in [6, 6.07) is 5.69. The molecular weight excluding hydrogens is 222 g/mol. The summed E-state index contributed by atoms with van der Waals surface area (Å²) >= 11 is 0. The van der Waals surface area contributed by atoms with Crippen molar-refractivity contribution in [3.05, 3.63) is 29.3 Å². The van der Waals surface area contributed by atoms with Crippen molar-refractivity contribution in [2.24, 2.45) is 5.92 Å². The van der Waals surface area contributed by atoms with Gasteiger partial charge in [0.05, 0.1) is 5.75 Å². The highest BCUT2D eigenvalue weighted by atomic mass is 32.2. The van der Waals surface area contributed by atoms with Crippen LogP contribution in [0.5, 0.6) is 0 Å². The quantitative estimate of drug-likeness (QED) is 0.881. The van der Waals surface area contributed by atoms with E-state index >= 15 is 0 Å². The first-order chi connectivity index (χ1) is 7.28. The van der Waals surface area contributed by atoms with Crippen molar-refractivity contribution in [1.82, 2.24) is 0 Å². The molecule has 0 aliphatic rings. The topological polar surface area (TPSA) is 46.2 Å². The third-order valence-corrected chi connectivity index (χ3v) is 3.70. The molecule has 16 heavy (non-hydrogen) atoms. The van der Waals surface area contributed by atoms with Crippen LogP contribution in [0.15, 0.2) is 18.2 Å². The van der Waals surface area contributed by atoms with Gasteiger partial charge in [0.1, 0.15) is 0 Å². The lowest BCUT2D eigenvalue weighted by Gasteiger charge is -2.11. The highest BCUT2D eigenvalue weighted by Gasteiger charge is 2.12. The molecule has 0 aliphatic heterocycles. The van der Waals surface area contributed by atoms with Crippen LogP contribution in [-0.2, 0) is 10.0 Å². The molecule has 0 aliphatic carbocycles. The van der Waals surface area contributed by atoms with E-state index in [9.17, 15) is 8.42 Å². The molecule has 3 nitrogen and oxygen atoms in total. The van der Waals surface area contributed by atoms with E-state index in [4.69, 9.17) is 0 Å². The van der Waals surface area contributed by atoms with Gasteiger partial charge in [-0.25, -0.2) is 8.42 Å². The van der Waals surface area contributed by atoms with Crippen molar-refractivity contribution in [1.29, 1.82) is 0 Å². The van der Waals surface area contributed by atoms with E-state index in [0.29, 0.717) is 5.69 Å². The second kappa shape index (κ2) is 4.87. The molecule has 1 aromatic rings. The Balaban J connectivity index is 2.88. The number of nitrogens with one attached hydrogen (secondary N) is 1. The van der Waals surface area contributed by atoms with E-state index in [1.165, 1.54) is 0 Å². The van der Waals surface area contributed by atoms with Gasteiger partial charge in [-0.1, -0.05) is 19.9 Å². The summed E-state index contributed by atoms with van der Waals surface area (Å²) in [5.41, 5.74) is 2.77. The molecule has 0 saturated heterocycles. The van der Waals surface area contributed by atoms with Gasteiger partial charge < -0.3 is 0 Å². The van der Waals surface area contributed by atoms with E-state index in [2.05, 4.69) is 4.72 Å². The zero-order valence-corrected chi connectivity index (χ0v) is 11.1. The third-order valence-electron chi connectivity index (χ3n) is 2.05. The van der Waals surface area contributed by atoms with Gasteiger partial charge in [-0.15, -0.1) is 0 Å². The third kappa shape index (κ3) is 4.23. The number of aryl methyl sites for hydroxylation is 2. The zero-order chi connectivity index (χ0) is 12.3. The number of sulfonamides is 1. The van der Waals surface area contributed by atoms with Crippen molar-refractivity contribution in [3.63, 3.8) is 0 Å². The second-order valence-corrected chi connectivity index (χ2v) is 6.42. The summed E-state index contributed by atoms with van der Waals surface area (Å²) < 4.78 is 26.0. The maximum atomic E-state index is 11.7. The SMILES string of the molecule is Cc1cc(C)cc(NS(=O)(=O)CC(C)C)c1. The Morgan fingerprint density at radius 1 is 1.12 bits per heavy atom. The molecule has 90 valence electrons. The normalized spacial score (nSPS) is 11.8. The molecule has 0 saturated carbocycles. The highest BCUT2D eigenvalue weighted by molar-refractivity contribution is 7.92. The molecule has 0 spiro atoms. The Hall–Kier alpha value is -1.03. The molecular formula is C12H19NO2S. The predicted octanol–water partition coefficient (Wildman–Crippen LogP) is 2.70. The Morgan fingerprint density at radius 3 is 2.06 bits per heavy atom.